The normalized spacial score (nSPS) is 32.6. The Balaban J connectivity index is 1.37. The van der Waals surface area contributed by atoms with Gasteiger partial charge in [0.05, 0.1) is 18.2 Å². The summed E-state index contributed by atoms with van der Waals surface area (Å²) in [6, 6.07) is 3.13. The van der Waals surface area contributed by atoms with Crippen molar-refractivity contribution >= 4 is 23.4 Å². The number of ether oxygens (including phenoxy) is 1. The number of nitrogens with one attached hydrogen (secondary N) is 2. The molecular formula is C18H24ClN3O4. The average molecular weight is 382 g/mol. The van der Waals surface area contributed by atoms with Crippen molar-refractivity contribution in [2.24, 2.45) is 11.8 Å². The standard InChI is InChI=1S/C18H24ClN3O4/c1-2-20-16(23)9-22-8-12-11(13-5-6-18(12,10-22)26-13)7-21-17(24)14-3-4-15(19)25-14/h3-4,11-13H,2,5-10H2,1H3,(H,20,23)(H,21,24)/t11-,12+,13+,18+/m0/s1. The highest BCUT2D eigenvalue weighted by Gasteiger charge is 2.62. The Morgan fingerprint density at radius 2 is 2.23 bits per heavy atom. The van der Waals surface area contributed by atoms with E-state index in [1.807, 2.05) is 6.92 Å². The molecule has 8 heteroatoms. The number of halogens is 1. The lowest BCUT2D eigenvalue weighted by Gasteiger charge is -2.29. The number of likely N-dealkylation sites (tertiary alicyclic amines) is 1. The summed E-state index contributed by atoms with van der Waals surface area (Å²) in [5, 5.41) is 6.01. The van der Waals surface area contributed by atoms with Gasteiger partial charge in [0.15, 0.2) is 11.0 Å². The van der Waals surface area contributed by atoms with E-state index >= 15 is 0 Å². The summed E-state index contributed by atoms with van der Waals surface area (Å²) in [6.45, 7) is 5.15. The lowest BCUT2D eigenvalue weighted by Crippen LogP contribution is -2.41. The van der Waals surface area contributed by atoms with Gasteiger partial charge in [-0.05, 0) is 43.5 Å². The van der Waals surface area contributed by atoms with E-state index < -0.39 is 0 Å². The molecule has 4 rings (SSSR count). The summed E-state index contributed by atoms with van der Waals surface area (Å²) in [5.41, 5.74) is -0.152. The first-order valence-electron chi connectivity index (χ1n) is 9.21. The maximum absolute atomic E-state index is 12.2. The van der Waals surface area contributed by atoms with E-state index in [1.54, 1.807) is 12.1 Å². The van der Waals surface area contributed by atoms with Gasteiger partial charge in [0, 0.05) is 38.0 Å². The van der Waals surface area contributed by atoms with E-state index in [1.165, 1.54) is 0 Å². The molecule has 142 valence electrons. The smallest absolute Gasteiger partial charge is 0.287 e. The molecule has 3 fully saturated rings. The summed E-state index contributed by atoms with van der Waals surface area (Å²) >= 11 is 5.73. The summed E-state index contributed by atoms with van der Waals surface area (Å²) in [6.07, 6.45) is 2.23. The third kappa shape index (κ3) is 3.12. The molecule has 7 nitrogen and oxygen atoms in total. The van der Waals surface area contributed by atoms with Crippen LogP contribution in [0.25, 0.3) is 0 Å². The second kappa shape index (κ2) is 6.87. The molecule has 0 aliphatic carbocycles. The minimum atomic E-state index is -0.258. The number of carbonyl (C=O) groups is 2. The number of nitrogens with zero attached hydrogens (tertiary/aromatic N) is 1. The topological polar surface area (TPSA) is 83.8 Å². The zero-order chi connectivity index (χ0) is 18.3. The van der Waals surface area contributed by atoms with Crippen LogP contribution in [0, 0.1) is 11.8 Å². The van der Waals surface area contributed by atoms with Crippen molar-refractivity contribution in [2.75, 3.05) is 32.7 Å². The van der Waals surface area contributed by atoms with Gasteiger partial charge in [0.25, 0.3) is 5.91 Å². The molecule has 1 spiro atoms. The predicted octanol–water partition coefficient (Wildman–Crippen LogP) is 1.28. The van der Waals surface area contributed by atoms with Crippen molar-refractivity contribution in [1.82, 2.24) is 15.5 Å². The van der Waals surface area contributed by atoms with Crippen molar-refractivity contribution in [3.8, 4) is 0 Å². The van der Waals surface area contributed by atoms with Crippen LogP contribution in [0.3, 0.4) is 0 Å². The lowest BCUT2D eigenvalue weighted by molar-refractivity contribution is -0.122. The average Bonchev–Trinajstić information content (AvgIpc) is 3.32. The van der Waals surface area contributed by atoms with E-state index in [2.05, 4.69) is 15.5 Å². The van der Waals surface area contributed by atoms with Crippen molar-refractivity contribution in [1.29, 1.82) is 0 Å². The predicted molar refractivity (Wildman–Crippen MR) is 95.0 cm³/mol. The van der Waals surface area contributed by atoms with Crippen LogP contribution in [0.15, 0.2) is 16.5 Å². The number of carbonyl (C=O) groups excluding carboxylic acids is 2. The fraction of sp³-hybridized carbons (Fsp3) is 0.667. The van der Waals surface area contributed by atoms with Gasteiger partial charge in [0.2, 0.25) is 5.91 Å². The van der Waals surface area contributed by atoms with Crippen LogP contribution in [0.4, 0.5) is 0 Å². The van der Waals surface area contributed by atoms with Gasteiger partial charge in [-0.2, -0.15) is 0 Å². The maximum atomic E-state index is 12.2. The Hall–Kier alpha value is -1.57. The first kappa shape index (κ1) is 17.8. The Kier molecular flexibility index (Phi) is 4.71. The number of furan rings is 1. The van der Waals surface area contributed by atoms with Gasteiger partial charge in [-0.15, -0.1) is 0 Å². The van der Waals surface area contributed by atoms with E-state index in [0.717, 1.165) is 25.9 Å². The van der Waals surface area contributed by atoms with Gasteiger partial charge >= 0.3 is 0 Å². The Morgan fingerprint density at radius 1 is 1.38 bits per heavy atom. The Bertz CT molecular complexity index is 708. The van der Waals surface area contributed by atoms with Crippen molar-refractivity contribution < 1.29 is 18.7 Å². The zero-order valence-corrected chi connectivity index (χ0v) is 15.6. The first-order chi connectivity index (χ1) is 12.5. The molecule has 0 radical (unpaired) electrons. The van der Waals surface area contributed by atoms with E-state index in [-0.39, 0.29) is 40.4 Å². The fourth-order valence-electron chi connectivity index (χ4n) is 4.87. The van der Waals surface area contributed by atoms with Crippen LogP contribution in [0.2, 0.25) is 5.22 Å². The minimum absolute atomic E-state index is 0.0537. The highest BCUT2D eigenvalue weighted by atomic mass is 35.5. The second-order valence-corrected chi connectivity index (χ2v) is 7.84. The molecule has 2 bridgehead atoms. The third-order valence-electron chi connectivity index (χ3n) is 5.89. The molecule has 0 saturated carbocycles. The maximum Gasteiger partial charge on any atom is 0.287 e. The molecule has 0 unspecified atom stereocenters. The van der Waals surface area contributed by atoms with Gasteiger partial charge in [0.1, 0.15) is 0 Å². The van der Waals surface area contributed by atoms with Crippen LogP contribution in [-0.4, -0.2) is 61.1 Å². The molecule has 4 atom stereocenters. The van der Waals surface area contributed by atoms with Gasteiger partial charge in [-0.25, -0.2) is 0 Å². The molecule has 1 aromatic heterocycles. The highest BCUT2D eigenvalue weighted by molar-refractivity contribution is 6.29. The van der Waals surface area contributed by atoms with Crippen LogP contribution < -0.4 is 10.6 Å². The number of fused-ring (bicyclic) bond motifs is 1. The number of hydrogen-bond donors (Lipinski definition) is 2. The van der Waals surface area contributed by atoms with E-state index in [9.17, 15) is 9.59 Å². The highest BCUT2D eigenvalue weighted by Crippen LogP contribution is 2.54. The minimum Gasteiger partial charge on any atom is -0.440 e. The number of rotatable bonds is 6. The summed E-state index contributed by atoms with van der Waals surface area (Å²) in [7, 11) is 0. The molecule has 4 heterocycles. The fourth-order valence-corrected chi connectivity index (χ4v) is 5.02. The quantitative estimate of drug-likeness (QED) is 0.775. The van der Waals surface area contributed by atoms with Crippen LogP contribution >= 0.6 is 11.6 Å². The lowest BCUT2D eigenvalue weighted by atomic mass is 9.73. The van der Waals surface area contributed by atoms with Crippen LogP contribution in [-0.2, 0) is 9.53 Å². The SMILES string of the molecule is CCNC(=O)CN1C[C@@H]2[C@H](CNC(=O)c3ccc(Cl)o3)[C@H]3CC[C@]2(C1)O3. The Labute approximate surface area is 157 Å². The summed E-state index contributed by atoms with van der Waals surface area (Å²) in [5.74, 6) is 0.621. The molecule has 2 N–H and O–H groups in total. The van der Waals surface area contributed by atoms with Crippen LogP contribution in [0.5, 0.6) is 0 Å². The van der Waals surface area contributed by atoms with E-state index in [0.29, 0.717) is 25.6 Å². The second-order valence-electron chi connectivity index (χ2n) is 7.47. The molecule has 26 heavy (non-hydrogen) atoms. The number of likely N-dealkylation sites (N-methyl/N-ethyl adjacent to an activating group) is 1. The number of hydrogen-bond acceptors (Lipinski definition) is 5. The molecule has 3 saturated heterocycles. The summed E-state index contributed by atoms with van der Waals surface area (Å²) < 4.78 is 11.5. The summed E-state index contributed by atoms with van der Waals surface area (Å²) in [4.78, 5) is 26.3. The van der Waals surface area contributed by atoms with Gasteiger partial charge < -0.3 is 19.8 Å². The van der Waals surface area contributed by atoms with Crippen LogP contribution in [0.1, 0.15) is 30.3 Å². The van der Waals surface area contributed by atoms with Crippen molar-refractivity contribution in [3.63, 3.8) is 0 Å². The number of amides is 2. The van der Waals surface area contributed by atoms with Crippen molar-refractivity contribution in [3.05, 3.63) is 23.1 Å². The van der Waals surface area contributed by atoms with E-state index in [4.69, 9.17) is 20.8 Å². The zero-order valence-electron chi connectivity index (χ0n) is 14.8. The van der Waals surface area contributed by atoms with Gasteiger partial charge in [-0.3, -0.25) is 14.5 Å². The van der Waals surface area contributed by atoms with Crippen molar-refractivity contribution in [2.45, 2.75) is 31.5 Å². The molecule has 0 aromatic carbocycles. The molecule has 3 aliphatic heterocycles. The first-order valence-corrected chi connectivity index (χ1v) is 9.59. The molecule has 3 aliphatic rings. The molecule has 1 aromatic rings. The Morgan fingerprint density at radius 3 is 2.96 bits per heavy atom. The molecule has 2 amide bonds. The monoisotopic (exact) mass is 381 g/mol. The van der Waals surface area contributed by atoms with Gasteiger partial charge in [-0.1, -0.05) is 0 Å². The third-order valence-corrected chi connectivity index (χ3v) is 6.09. The molecular weight excluding hydrogens is 358 g/mol. The largest absolute Gasteiger partial charge is 0.440 e.